The number of hydrogen-bond acceptors (Lipinski definition) is 1. The van der Waals surface area contributed by atoms with Crippen molar-refractivity contribution >= 4 is 31.9 Å². The van der Waals surface area contributed by atoms with Crippen molar-refractivity contribution in [3.63, 3.8) is 0 Å². The second-order valence-electron chi connectivity index (χ2n) is 5.06. The molecule has 0 aliphatic heterocycles. The first-order chi connectivity index (χ1) is 7.24. The SMILES string of the molecule is BrC1CCC(NC2CCC(Br)CC2)CC1. The first-order valence-electron chi connectivity index (χ1n) is 6.28. The van der Waals surface area contributed by atoms with Crippen LogP contribution in [0.4, 0.5) is 0 Å². The van der Waals surface area contributed by atoms with Crippen molar-refractivity contribution in [2.24, 2.45) is 0 Å². The molecular formula is C12H21Br2N. The van der Waals surface area contributed by atoms with Crippen LogP contribution in [0.2, 0.25) is 0 Å². The van der Waals surface area contributed by atoms with Crippen LogP contribution in [0, 0.1) is 0 Å². The Labute approximate surface area is 110 Å². The Hall–Kier alpha value is 0.920. The van der Waals surface area contributed by atoms with E-state index in [0.29, 0.717) is 0 Å². The summed E-state index contributed by atoms with van der Waals surface area (Å²) in [5.41, 5.74) is 0. The monoisotopic (exact) mass is 337 g/mol. The highest BCUT2D eigenvalue weighted by atomic mass is 79.9. The van der Waals surface area contributed by atoms with Gasteiger partial charge in [0.05, 0.1) is 0 Å². The highest BCUT2D eigenvalue weighted by molar-refractivity contribution is 9.09. The van der Waals surface area contributed by atoms with Gasteiger partial charge in [-0.3, -0.25) is 0 Å². The molecule has 3 heteroatoms. The van der Waals surface area contributed by atoms with Crippen molar-refractivity contribution < 1.29 is 0 Å². The Kier molecular flexibility index (Phi) is 4.97. The van der Waals surface area contributed by atoms with Crippen LogP contribution in [0.25, 0.3) is 0 Å². The van der Waals surface area contributed by atoms with Gasteiger partial charge in [-0.1, -0.05) is 31.9 Å². The lowest BCUT2D eigenvalue weighted by Crippen LogP contribution is -2.42. The van der Waals surface area contributed by atoms with Crippen molar-refractivity contribution in [1.82, 2.24) is 5.32 Å². The van der Waals surface area contributed by atoms with Gasteiger partial charge >= 0.3 is 0 Å². The Morgan fingerprint density at radius 2 is 0.933 bits per heavy atom. The Bertz CT molecular complexity index is 162. The summed E-state index contributed by atoms with van der Waals surface area (Å²) in [6, 6.07) is 1.60. The maximum Gasteiger partial charge on any atom is 0.0147 e. The fraction of sp³-hybridized carbons (Fsp3) is 1.00. The molecule has 2 rings (SSSR count). The Morgan fingerprint density at radius 3 is 1.27 bits per heavy atom. The van der Waals surface area contributed by atoms with Crippen LogP contribution in [0.5, 0.6) is 0 Å². The molecule has 0 aromatic heterocycles. The maximum atomic E-state index is 3.86. The predicted octanol–water partition coefficient (Wildman–Crippen LogP) is 3.99. The van der Waals surface area contributed by atoms with E-state index in [1.807, 2.05) is 0 Å². The minimum Gasteiger partial charge on any atom is -0.311 e. The quantitative estimate of drug-likeness (QED) is 0.751. The van der Waals surface area contributed by atoms with Crippen molar-refractivity contribution in [3.05, 3.63) is 0 Å². The number of rotatable bonds is 2. The van der Waals surface area contributed by atoms with Gasteiger partial charge in [0.2, 0.25) is 0 Å². The van der Waals surface area contributed by atoms with Crippen LogP contribution in [0.15, 0.2) is 0 Å². The minimum atomic E-state index is 0.786. The van der Waals surface area contributed by atoms with Gasteiger partial charge in [0.25, 0.3) is 0 Å². The van der Waals surface area contributed by atoms with E-state index in [0.717, 1.165) is 21.7 Å². The van der Waals surface area contributed by atoms with Gasteiger partial charge in [0, 0.05) is 21.7 Å². The summed E-state index contributed by atoms with van der Waals surface area (Å²) in [7, 11) is 0. The molecule has 0 radical (unpaired) electrons. The topological polar surface area (TPSA) is 12.0 Å². The zero-order chi connectivity index (χ0) is 10.7. The van der Waals surface area contributed by atoms with E-state index in [9.17, 15) is 0 Å². The number of alkyl halides is 2. The van der Waals surface area contributed by atoms with E-state index in [1.54, 1.807) is 0 Å². The van der Waals surface area contributed by atoms with Crippen molar-refractivity contribution in [2.45, 2.75) is 73.1 Å². The fourth-order valence-electron chi connectivity index (χ4n) is 2.77. The molecule has 0 aromatic carbocycles. The number of halogens is 2. The van der Waals surface area contributed by atoms with E-state index in [1.165, 1.54) is 51.4 Å². The summed E-state index contributed by atoms with van der Waals surface area (Å²) in [5, 5.41) is 3.86. The van der Waals surface area contributed by atoms with Crippen LogP contribution >= 0.6 is 31.9 Å². The van der Waals surface area contributed by atoms with Gasteiger partial charge < -0.3 is 5.32 Å². The van der Waals surface area contributed by atoms with Gasteiger partial charge in [-0.05, 0) is 51.4 Å². The summed E-state index contributed by atoms with van der Waals surface area (Å²) < 4.78 is 0. The standard InChI is InChI=1S/C12H21Br2N/c13-9-1-5-11(6-2-9)15-12-7-3-10(14)4-8-12/h9-12,15H,1-8H2. The van der Waals surface area contributed by atoms with E-state index in [4.69, 9.17) is 0 Å². The minimum absolute atomic E-state index is 0.786. The van der Waals surface area contributed by atoms with Crippen LogP contribution < -0.4 is 5.32 Å². The molecule has 0 aromatic rings. The maximum absolute atomic E-state index is 3.86. The summed E-state index contributed by atoms with van der Waals surface area (Å²) in [6.07, 6.45) is 10.9. The zero-order valence-electron chi connectivity index (χ0n) is 9.22. The fourth-order valence-corrected chi connectivity index (χ4v) is 3.83. The van der Waals surface area contributed by atoms with Crippen LogP contribution in [0.1, 0.15) is 51.4 Å². The average Bonchev–Trinajstić information content (AvgIpc) is 2.25. The third-order valence-electron chi connectivity index (χ3n) is 3.78. The lowest BCUT2D eigenvalue weighted by Gasteiger charge is -2.33. The molecule has 0 bridgehead atoms. The number of hydrogen-bond donors (Lipinski definition) is 1. The van der Waals surface area contributed by atoms with E-state index in [-0.39, 0.29) is 0 Å². The molecule has 0 heterocycles. The Morgan fingerprint density at radius 1 is 0.600 bits per heavy atom. The second kappa shape index (κ2) is 6.02. The third-order valence-corrected chi connectivity index (χ3v) is 5.62. The molecule has 0 amide bonds. The summed E-state index contributed by atoms with van der Waals surface area (Å²) in [5.74, 6) is 0. The van der Waals surface area contributed by atoms with Gasteiger partial charge in [0.1, 0.15) is 0 Å². The number of nitrogens with one attached hydrogen (secondary N) is 1. The smallest absolute Gasteiger partial charge is 0.0147 e. The van der Waals surface area contributed by atoms with Crippen molar-refractivity contribution in [1.29, 1.82) is 0 Å². The second-order valence-corrected chi connectivity index (χ2v) is 7.65. The lowest BCUT2D eigenvalue weighted by atomic mass is 9.91. The highest BCUT2D eigenvalue weighted by Gasteiger charge is 2.24. The Balaban J connectivity index is 1.68. The first kappa shape index (κ1) is 12.4. The molecule has 0 saturated heterocycles. The van der Waals surface area contributed by atoms with Crippen LogP contribution in [-0.2, 0) is 0 Å². The van der Waals surface area contributed by atoms with Gasteiger partial charge in [-0.25, -0.2) is 0 Å². The normalized spacial score (nSPS) is 42.8. The molecule has 0 spiro atoms. The molecular weight excluding hydrogens is 318 g/mol. The molecule has 2 aliphatic rings. The van der Waals surface area contributed by atoms with E-state index < -0.39 is 0 Å². The van der Waals surface area contributed by atoms with Crippen molar-refractivity contribution in [3.8, 4) is 0 Å². The van der Waals surface area contributed by atoms with Crippen molar-refractivity contribution in [2.75, 3.05) is 0 Å². The van der Waals surface area contributed by atoms with E-state index in [2.05, 4.69) is 37.2 Å². The molecule has 2 aliphatic carbocycles. The molecule has 1 nitrogen and oxygen atoms in total. The first-order valence-corrected chi connectivity index (χ1v) is 8.11. The molecule has 15 heavy (non-hydrogen) atoms. The lowest BCUT2D eigenvalue weighted by molar-refractivity contribution is 0.298. The molecule has 1 N–H and O–H groups in total. The largest absolute Gasteiger partial charge is 0.311 e. The van der Waals surface area contributed by atoms with Crippen LogP contribution in [-0.4, -0.2) is 21.7 Å². The predicted molar refractivity (Wildman–Crippen MR) is 73.1 cm³/mol. The van der Waals surface area contributed by atoms with Crippen LogP contribution in [0.3, 0.4) is 0 Å². The highest BCUT2D eigenvalue weighted by Crippen LogP contribution is 2.28. The van der Waals surface area contributed by atoms with Gasteiger partial charge in [0.15, 0.2) is 0 Å². The van der Waals surface area contributed by atoms with Gasteiger partial charge in [-0.2, -0.15) is 0 Å². The average molecular weight is 339 g/mol. The molecule has 88 valence electrons. The molecule has 0 atom stereocenters. The summed E-state index contributed by atoms with van der Waals surface area (Å²) >= 11 is 7.43. The zero-order valence-corrected chi connectivity index (χ0v) is 12.4. The molecule has 2 fully saturated rings. The van der Waals surface area contributed by atoms with Gasteiger partial charge in [-0.15, -0.1) is 0 Å². The third kappa shape index (κ3) is 4.01. The van der Waals surface area contributed by atoms with E-state index >= 15 is 0 Å². The molecule has 2 saturated carbocycles. The summed E-state index contributed by atoms with van der Waals surface area (Å²) in [6.45, 7) is 0. The molecule has 0 unspecified atom stereocenters. The summed E-state index contributed by atoms with van der Waals surface area (Å²) in [4.78, 5) is 1.57.